The monoisotopic (exact) mass is 384 g/mol. The maximum absolute atomic E-state index is 12.9. The quantitative estimate of drug-likeness (QED) is 0.439. The molecule has 0 saturated heterocycles. The van der Waals surface area contributed by atoms with Crippen LogP contribution in [-0.4, -0.2) is 10.9 Å². The van der Waals surface area contributed by atoms with E-state index in [1.807, 2.05) is 60.0 Å². The van der Waals surface area contributed by atoms with Gasteiger partial charge in [-0.3, -0.25) is 10.1 Å². The second-order valence-corrected chi connectivity index (χ2v) is 7.31. The molecule has 1 heterocycles. The zero-order valence-electron chi connectivity index (χ0n) is 15.6. The van der Waals surface area contributed by atoms with Crippen molar-refractivity contribution in [3.8, 4) is 22.4 Å². The van der Waals surface area contributed by atoms with Crippen LogP contribution in [-0.2, 0) is 6.42 Å². The fourth-order valence-corrected chi connectivity index (χ4v) is 3.80. The second-order valence-electron chi connectivity index (χ2n) is 6.45. The number of carbonyl (C=O) groups excluding carboxylic acids is 1. The second kappa shape index (κ2) is 8.19. The SMILES string of the molecule is CCc1ccc(-c2csc(NC(=O)c3ccccc3-c3ccccc3)n2)cc1. The summed E-state index contributed by atoms with van der Waals surface area (Å²) in [7, 11) is 0. The zero-order chi connectivity index (χ0) is 19.3. The fraction of sp³-hybridized carbons (Fsp3) is 0.0833. The summed E-state index contributed by atoms with van der Waals surface area (Å²) >= 11 is 1.44. The van der Waals surface area contributed by atoms with Gasteiger partial charge < -0.3 is 0 Å². The number of nitrogens with one attached hydrogen (secondary N) is 1. The maximum Gasteiger partial charge on any atom is 0.258 e. The first kappa shape index (κ1) is 18.1. The summed E-state index contributed by atoms with van der Waals surface area (Å²) in [6.45, 7) is 2.14. The molecule has 4 aromatic rings. The van der Waals surface area contributed by atoms with Crippen LogP contribution in [0.25, 0.3) is 22.4 Å². The first-order valence-corrected chi connectivity index (χ1v) is 10.1. The van der Waals surface area contributed by atoms with Crippen molar-refractivity contribution in [2.45, 2.75) is 13.3 Å². The first-order chi connectivity index (χ1) is 13.7. The van der Waals surface area contributed by atoms with E-state index in [2.05, 4.69) is 41.5 Å². The number of rotatable bonds is 5. The van der Waals surface area contributed by atoms with Gasteiger partial charge in [0.25, 0.3) is 5.91 Å². The molecule has 4 rings (SSSR count). The molecule has 0 aliphatic carbocycles. The molecule has 0 unspecified atom stereocenters. The highest BCUT2D eigenvalue weighted by Gasteiger charge is 2.14. The van der Waals surface area contributed by atoms with Gasteiger partial charge >= 0.3 is 0 Å². The predicted octanol–water partition coefficient (Wildman–Crippen LogP) is 6.29. The van der Waals surface area contributed by atoms with Crippen molar-refractivity contribution in [3.05, 3.63) is 95.4 Å². The topological polar surface area (TPSA) is 42.0 Å². The van der Waals surface area contributed by atoms with Crippen LogP contribution in [0.1, 0.15) is 22.8 Å². The summed E-state index contributed by atoms with van der Waals surface area (Å²) in [5.41, 5.74) is 5.79. The van der Waals surface area contributed by atoms with Gasteiger partial charge in [-0.25, -0.2) is 4.98 Å². The molecule has 0 fully saturated rings. The standard InChI is InChI=1S/C24H20N2OS/c1-2-17-12-14-19(15-13-17)22-16-28-24(25-22)26-23(27)21-11-7-6-10-20(21)18-8-4-3-5-9-18/h3-16H,2H2,1H3,(H,25,26,27). The minimum absolute atomic E-state index is 0.151. The molecule has 3 nitrogen and oxygen atoms in total. The van der Waals surface area contributed by atoms with Crippen LogP contribution in [0.5, 0.6) is 0 Å². The van der Waals surface area contributed by atoms with Crippen LogP contribution in [0.2, 0.25) is 0 Å². The van der Waals surface area contributed by atoms with Crippen LogP contribution >= 0.6 is 11.3 Å². The molecule has 0 bridgehead atoms. The van der Waals surface area contributed by atoms with Crippen LogP contribution in [0.15, 0.2) is 84.2 Å². The summed E-state index contributed by atoms with van der Waals surface area (Å²) in [5, 5.41) is 5.52. The highest BCUT2D eigenvalue weighted by molar-refractivity contribution is 7.14. The van der Waals surface area contributed by atoms with Gasteiger partial charge in [0, 0.05) is 16.5 Å². The molecule has 138 valence electrons. The highest BCUT2D eigenvalue weighted by atomic mass is 32.1. The van der Waals surface area contributed by atoms with E-state index in [1.54, 1.807) is 0 Å². The molecule has 0 saturated carbocycles. The largest absolute Gasteiger partial charge is 0.298 e. The molecule has 0 aliphatic heterocycles. The predicted molar refractivity (Wildman–Crippen MR) is 117 cm³/mol. The number of aromatic nitrogens is 1. The Kier molecular flexibility index (Phi) is 5.31. The maximum atomic E-state index is 12.9. The minimum Gasteiger partial charge on any atom is -0.298 e. The van der Waals surface area contributed by atoms with E-state index in [9.17, 15) is 4.79 Å². The van der Waals surface area contributed by atoms with Crippen molar-refractivity contribution in [1.29, 1.82) is 0 Å². The van der Waals surface area contributed by atoms with Gasteiger partial charge in [0.1, 0.15) is 0 Å². The molecular weight excluding hydrogens is 364 g/mol. The summed E-state index contributed by atoms with van der Waals surface area (Å²) in [4.78, 5) is 17.5. The highest BCUT2D eigenvalue weighted by Crippen LogP contribution is 2.27. The van der Waals surface area contributed by atoms with Crippen LogP contribution in [0.4, 0.5) is 5.13 Å². The van der Waals surface area contributed by atoms with Crippen LogP contribution in [0, 0.1) is 0 Å². The van der Waals surface area contributed by atoms with Crippen molar-refractivity contribution in [1.82, 2.24) is 4.98 Å². The number of hydrogen-bond donors (Lipinski definition) is 1. The van der Waals surface area contributed by atoms with E-state index < -0.39 is 0 Å². The molecule has 0 atom stereocenters. The van der Waals surface area contributed by atoms with E-state index in [0.717, 1.165) is 28.8 Å². The Morgan fingerprint density at radius 2 is 1.61 bits per heavy atom. The molecule has 1 aromatic heterocycles. The lowest BCUT2D eigenvalue weighted by molar-refractivity contribution is 0.102. The van der Waals surface area contributed by atoms with E-state index in [4.69, 9.17) is 0 Å². The van der Waals surface area contributed by atoms with Gasteiger partial charge in [-0.2, -0.15) is 0 Å². The molecule has 1 N–H and O–H groups in total. The Morgan fingerprint density at radius 3 is 2.36 bits per heavy atom. The van der Waals surface area contributed by atoms with E-state index in [1.165, 1.54) is 16.9 Å². The van der Waals surface area contributed by atoms with E-state index in [0.29, 0.717) is 10.7 Å². The summed E-state index contributed by atoms with van der Waals surface area (Å²) in [6, 6.07) is 25.9. The van der Waals surface area contributed by atoms with E-state index >= 15 is 0 Å². The van der Waals surface area contributed by atoms with Crippen LogP contribution < -0.4 is 5.32 Å². The van der Waals surface area contributed by atoms with Crippen LogP contribution in [0.3, 0.4) is 0 Å². The third-order valence-electron chi connectivity index (χ3n) is 4.64. The fourth-order valence-electron chi connectivity index (χ4n) is 3.09. The average molecular weight is 385 g/mol. The van der Waals surface area contributed by atoms with Crippen molar-refractivity contribution in [2.75, 3.05) is 5.32 Å². The number of nitrogens with zero attached hydrogens (tertiary/aromatic N) is 1. The molecule has 0 spiro atoms. The number of carbonyl (C=O) groups is 1. The van der Waals surface area contributed by atoms with Gasteiger partial charge in [-0.05, 0) is 29.2 Å². The lowest BCUT2D eigenvalue weighted by Crippen LogP contribution is -2.12. The van der Waals surface area contributed by atoms with Gasteiger partial charge in [-0.15, -0.1) is 11.3 Å². The normalized spacial score (nSPS) is 10.6. The van der Waals surface area contributed by atoms with Gasteiger partial charge in [0.15, 0.2) is 5.13 Å². The summed E-state index contributed by atoms with van der Waals surface area (Å²) in [5.74, 6) is -0.151. The lowest BCUT2D eigenvalue weighted by Gasteiger charge is -2.09. The third kappa shape index (κ3) is 3.87. The summed E-state index contributed by atoms with van der Waals surface area (Å²) in [6.07, 6.45) is 1.01. The number of benzene rings is 3. The number of hydrogen-bond acceptors (Lipinski definition) is 3. The Bertz CT molecular complexity index is 1090. The van der Waals surface area contributed by atoms with Crippen molar-refractivity contribution < 1.29 is 4.79 Å². The minimum atomic E-state index is -0.151. The molecule has 3 aromatic carbocycles. The van der Waals surface area contributed by atoms with Crippen molar-refractivity contribution in [2.24, 2.45) is 0 Å². The van der Waals surface area contributed by atoms with Gasteiger partial charge in [-0.1, -0.05) is 79.7 Å². The number of thiazole rings is 1. The van der Waals surface area contributed by atoms with Gasteiger partial charge in [0.05, 0.1) is 5.69 Å². The summed E-state index contributed by atoms with van der Waals surface area (Å²) < 4.78 is 0. The Balaban J connectivity index is 1.56. The Morgan fingerprint density at radius 1 is 0.893 bits per heavy atom. The van der Waals surface area contributed by atoms with Gasteiger partial charge in [0.2, 0.25) is 0 Å². The van der Waals surface area contributed by atoms with Crippen molar-refractivity contribution in [3.63, 3.8) is 0 Å². The average Bonchev–Trinajstić information content (AvgIpc) is 3.23. The number of aryl methyl sites for hydroxylation is 1. The number of anilines is 1. The Hall–Kier alpha value is -3.24. The molecule has 1 amide bonds. The molecular formula is C24H20N2OS. The molecule has 0 radical (unpaired) electrons. The molecule has 0 aliphatic rings. The third-order valence-corrected chi connectivity index (χ3v) is 5.40. The van der Waals surface area contributed by atoms with E-state index in [-0.39, 0.29) is 5.91 Å². The smallest absolute Gasteiger partial charge is 0.258 e. The van der Waals surface area contributed by atoms with Crippen molar-refractivity contribution >= 4 is 22.4 Å². The lowest BCUT2D eigenvalue weighted by atomic mass is 9.99. The number of amides is 1. The first-order valence-electron chi connectivity index (χ1n) is 9.25. The molecule has 4 heteroatoms. The molecule has 28 heavy (non-hydrogen) atoms. The Labute approximate surface area is 168 Å². The zero-order valence-corrected chi connectivity index (χ0v) is 16.4.